The molecule has 2 aromatic rings. The minimum atomic E-state index is -1.03. The van der Waals surface area contributed by atoms with E-state index in [9.17, 15) is 14.3 Å². The van der Waals surface area contributed by atoms with E-state index in [1.54, 1.807) is 12.1 Å². The van der Waals surface area contributed by atoms with Gasteiger partial charge in [0.2, 0.25) is 0 Å². The molecule has 110 valence electrons. The summed E-state index contributed by atoms with van der Waals surface area (Å²) < 4.78 is 13.7. The van der Waals surface area contributed by atoms with Crippen molar-refractivity contribution in [1.29, 1.82) is 0 Å². The summed E-state index contributed by atoms with van der Waals surface area (Å²) in [6.45, 7) is 5.70. The van der Waals surface area contributed by atoms with Gasteiger partial charge in [0.25, 0.3) is 0 Å². The molecule has 0 aromatic heterocycles. The van der Waals surface area contributed by atoms with Crippen LogP contribution in [-0.2, 0) is 4.79 Å². The SMILES string of the molecule is Cc1cc(C)c(C(Nc2ccccc2F)C(=O)O)c(C)c1. The quantitative estimate of drug-likeness (QED) is 0.894. The Morgan fingerprint density at radius 1 is 1.14 bits per heavy atom. The Hall–Kier alpha value is -2.36. The lowest BCUT2D eigenvalue weighted by atomic mass is 9.94. The van der Waals surface area contributed by atoms with E-state index in [0.29, 0.717) is 5.56 Å². The first-order chi connectivity index (χ1) is 9.90. The van der Waals surface area contributed by atoms with Crippen molar-refractivity contribution >= 4 is 11.7 Å². The molecule has 0 saturated heterocycles. The number of anilines is 1. The van der Waals surface area contributed by atoms with Crippen molar-refractivity contribution in [2.75, 3.05) is 5.32 Å². The Kier molecular flexibility index (Phi) is 4.26. The number of hydrogen-bond donors (Lipinski definition) is 2. The molecule has 3 nitrogen and oxygen atoms in total. The third kappa shape index (κ3) is 3.21. The van der Waals surface area contributed by atoms with Crippen LogP contribution in [0.4, 0.5) is 10.1 Å². The normalized spacial score (nSPS) is 12.0. The number of halogens is 1. The van der Waals surface area contributed by atoms with E-state index in [-0.39, 0.29) is 5.69 Å². The van der Waals surface area contributed by atoms with Crippen molar-refractivity contribution in [3.05, 3.63) is 64.5 Å². The molecule has 0 saturated carbocycles. The second-order valence-corrected chi connectivity index (χ2v) is 5.21. The number of carboxylic acids is 1. The molecular formula is C17H18FNO2. The number of para-hydroxylation sites is 1. The number of aliphatic carboxylic acids is 1. The van der Waals surface area contributed by atoms with Gasteiger partial charge in [0.1, 0.15) is 5.82 Å². The first kappa shape index (κ1) is 15.0. The number of hydrogen-bond acceptors (Lipinski definition) is 2. The van der Waals surface area contributed by atoms with Gasteiger partial charge in [0, 0.05) is 0 Å². The highest BCUT2D eigenvalue weighted by molar-refractivity contribution is 5.80. The maximum atomic E-state index is 13.7. The summed E-state index contributed by atoms with van der Waals surface area (Å²) in [4.78, 5) is 11.6. The molecule has 0 bridgehead atoms. The Morgan fingerprint density at radius 3 is 2.24 bits per heavy atom. The third-order valence-corrected chi connectivity index (χ3v) is 3.45. The minimum absolute atomic E-state index is 0.185. The van der Waals surface area contributed by atoms with E-state index in [4.69, 9.17) is 0 Å². The summed E-state index contributed by atoms with van der Waals surface area (Å²) >= 11 is 0. The van der Waals surface area contributed by atoms with Crippen molar-refractivity contribution in [3.63, 3.8) is 0 Å². The molecule has 2 aromatic carbocycles. The predicted molar refractivity (Wildman–Crippen MR) is 81.1 cm³/mol. The zero-order valence-corrected chi connectivity index (χ0v) is 12.3. The fourth-order valence-corrected chi connectivity index (χ4v) is 2.64. The van der Waals surface area contributed by atoms with Crippen LogP contribution in [0.15, 0.2) is 36.4 Å². The summed E-state index contributed by atoms with van der Waals surface area (Å²) in [6, 6.07) is 8.95. The Labute approximate surface area is 123 Å². The van der Waals surface area contributed by atoms with E-state index in [0.717, 1.165) is 16.7 Å². The molecule has 2 N–H and O–H groups in total. The Balaban J connectivity index is 2.46. The fourth-order valence-electron chi connectivity index (χ4n) is 2.64. The van der Waals surface area contributed by atoms with Crippen LogP contribution in [0.1, 0.15) is 28.3 Å². The van der Waals surface area contributed by atoms with Crippen LogP contribution in [0.5, 0.6) is 0 Å². The van der Waals surface area contributed by atoms with Gasteiger partial charge < -0.3 is 10.4 Å². The number of rotatable bonds is 4. The molecule has 0 heterocycles. The maximum absolute atomic E-state index is 13.7. The molecule has 0 aliphatic carbocycles. The summed E-state index contributed by atoms with van der Waals surface area (Å²) in [5, 5.41) is 12.3. The van der Waals surface area contributed by atoms with E-state index in [1.165, 1.54) is 12.1 Å². The van der Waals surface area contributed by atoms with Gasteiger partial charge in [-0.15, -0.1) is 0 Å². The number of carbonyl (C=O) groups is 1. The lowest BCUT2D eigenvalue weighted by molar-refractivity contribution is -0.138. The van der Waals surface area contributed by atoms with E-state index in [1.807, 2.05) is 32.9 Å². The number of benzene rings is 2. The summed E-state index contributed by atoms with van der Waals surface area (Å²) in [5.74, 6) is -1.50. The summed E-state index contributed by atoms with van der Waals surface area (Å²) in [7, 11) is 0. The van der Waals surface area contributed by atoms with Crippen LogP contribution in [0.3, 0.4) is 0 Å². The second kappa shape index (κ2) is 5.95. The van der Waals surface area contributed by atoms with E-state index < -0.39 is 17.8 Å². The van der Waals surface area contributed by atoms with Crippen LogP contribution in [-0.4, -0.2) is 11.1 Å². The van der Waals surface area contributed by atoms with Gasteiger partial charge in [-0.3, -0.25) is 0 Å². The lowest BCUT2D eigenvalue weighted by Crippen LogP contribution is -2.23. The molecule has 21 heavy (non-hydrogen) atoms. The average molecular weight is 287 g/mol. The van der Waals surface area contributed by atoms with Gasteiger partial charge in [-0.1, -0.05) is 29.8 Å². The van der Waals surface area contributed by atoms with Crippen molar-refractivity contribution in [2.45, 2.75) is 26.8 Å². The van der Waals surface area contributed by atoms with Crippen LogP contribution in [0, 0.1) is 26.6 Å². The maximum Gasteiger partial charge on any atom is 0.330 e. The predicted octanol–water partition coefficient (Wildman–Crippen LogP) is 3.99. The molecule has 2 rings (SSSR count). The Morgan fingerprint density at radius 2 is 1.71 bits per heavy atom. The van der Waals surface area contributed by atoms with Crippen LogP contribution in [0.25, 0.3) is 0 Å². The third-order valence-electron chi connectivity index (χ3n) is 3.45. The second-order valence-electron chi connectivity index (χ2n) is 5.21. The van der Waals surface area contributed by atoms with Gasteiger partial charge >= 0.3 is 5.97 Å². The van der Waals surface area contributed by atoms with Gasteiger partial charge in [-0.2, -0.15) is 0 Å². The first-order valence-electron chi connectivity index (χ1n) is 6.71. The topological polar surface area (TPSA) is 49.3 Å². The van der Waals surface area contributed by atoms with Gasteiger partial charge in [-0.05, 0) is 49.6 Å². The monoisotopic (exact) mass is 287 g/mol. The zero-order chi connectivity index (χ0) is 15.6. The molecule has 0 amide bonds. The molecule has 0 radical (unpaired) electrons. The molecule has 1 unspecified atom stereocenters. The highest BCUT2D eigenvalue weighted by Crippen LogP contribution is 2.28. The van der Waals surface area contributed by atoms with Crippen LogP contribution < -0.4 is 5.32 Å². The molecule has 0 aliphatic heterocycles. The number of nitrogens with one attached hydrogen (secondary N) is 1. The van der Waals surface area contributed by atoms with E-state index >= 15 is 0 Å². The van der Waals surface area contributed by atoms with Crippen molar-refractivity contribution in [1.82, 2.24) is 0 Å². The van der Waals surface area contributed by atoms with Gasteiger partial charge in [-0.25, -0.2) is 9.18 Å². The highest BCUT2D eigenvalue weighted by Gasteiger charge is 2.24. The lowest BCUT2D eigenvalue weighted by Gasteiger charge is -2.21. The smallest absolute Gasteiger partial charge is 0.330 e. The average Bonchev–Trinajstić information content (AvgIpc) is 2.38. The molecule has 0 spiro atoms. The van der Waals surface area contributed by atoms with E-state index in [2.05, 4.69) is 5.32 Å². The van der Waals surface area contributed by atoms with Crippen molar-refractivity contribution in [3.8, 4) is 0 Å². The number of carboxylic acid groups (broad SMARTS) is 1. The zero-order valence-electron chi connectivity index (χ0n) is 12.3. The van der Waals surface area contributed by atoms with Crippen molar-refractivity contribution < 1.29 is 14.3 Å². The molecule has 0 fully saturated rings. The number of aryl methyl sites for hydroxylation is 3. The standard InChI is InChI=1S/C17H18FNO2/c1-10-8-11(2)15(12(3)9-10)16(17(20)21)19-14-7-5-4-6-13(14)18/h4-9,16,19H,1-3H3,(H,20,21). The Bertz CT molecular complexity index is 659. The summed E-state index contributed by atoms with van der Waals surface area (Å²) in [6.07, 6.45) is 0. The first-order valence-corrected chi connectivity index (χ1v) is 6.71. The minimum Gasteiger partial charge on any atom is -0.479 e. The molecule has 0 aliphatic rings. The van der Waals surface area contributed by atoms with Gasteiger partial charge in [0.05, 0.1) is 5.69 Å². The fraction of sp³-hybridized carbons (Fsp3) is 0.235. The molecule has 4 heteroatoms. The van der Waals surface area contributed by atoms with Gasteiger partial charge in [0.15, 0.2) is 6.04 Å². The molecular weight excluding hydrogens is 269 g/mol. The largest absolute Gasteiger partial charge is 0.479 e. The highest BCUT2D eigenvalue weighted by atomic mass is 19.1. The van der Waals surface area contributed by atoms with Crippen LogP contribution in [0.2, 0.25) is 0 Å². The van der Waals surface area contributed by atoms with Crippen molar-refractivity contribution in [2.24, 2.45) is 0 Å². The van der Waals surface area contributed by atoms with Crippen LogP contribution >= 0.6 is 0 Å². The summed E-state index contributed by atoms with van der Waals surface area (Å²) in [5.41, 5.74) is 3.69. The molecule has 1 atom stereocenters.